The summed E-state index contributed by atoms with van der Waals surface area (Å²) in [5, 5.41) is 18.1. The number of hydrogen-bond donors (Lipinski definition) is 4. The lowest BCUT2D eigenvalue weighted by molar-refractivity contribution is 0.0894. The molecule has 2 unspecified atom stereocenters. The molecule has 1 saturated heterocycles. The summed E-state index contributed by atoms with van der Waals surface area (Å²) in [6.45, 7) is 1.52. The number of carbonyl (C=O) groups is 2. The zero-order chi connectivity index (χ0) is 19.2. The Labute approximate surface area is 155 Å². The van der Waals surface area contributed by atoms with Gasteiger partial charge in [-0.3, -0.25) is 9.59 Å². The molecule has 3 rings (SSSR count). The fourth-order valence-electron chi connectivity index (χ4n) is 2.77. The van der Waals surface area contributed by atoms with Crippen molar-refractivity contribution in [2.24, 2.45) is 5.92 Å². The van der Waals surface area contributed by atoms with Gasteiger partial charge in [0.15, 0.2) is 11.4 Å². The SMILES string of the molecule is O=C(NCc1ccc(F)cc1)c1nccnc1C(=O)NCC1CNCC1O. The Balaban J connectivity index is 1.62. The zero-order valence-electron chi connectivity index (χ0n) is 14.5. The molecule has 0 radical (unpaired) electrons. The van der Waals surface area contributed by atoms with Gasteiger partial charge in [-0.05, 0) is 17.7 Å². The van der Waals surface area contributed by atoms with E-state index in [2.05, 4.69) is 25.9 Å². The van der Waals surface area contributed by atoms with Crippen molar-refractivity contribution in [2.45, 2.75) is 12.6 Å². The van der Waals surface area contributed by atoms with E-state index in [0.717, 1.165) is 0 Å². The molecule has 0 spiro atoms. The number of β-amino-alcohol motifs (C(OH)–C–C–N with tert-alkyl or cyclic N) is 1. The van der Waals surface area contributed by atoms with Gasteiger partial charge in [0.25, 0.3) is 11.8 Å². The van der Waals surface area contributed by atoms with Crippen LogP contribution in [0.4, 0.5) is 4.39 Å². The molecule has 1 aromatic heterocycles. The standard InChI is InChI=1S/C18H20FN5O3/c19-13-3-1-11(2-4-13)7-23-17(26)15-16(22-6-5-21-15)18(27)24-9-12-8-20-10-14(12)25/h1-6,12,14,20,25H,7-10H2,(H,23,26)(H,24,27). The van der Waals surface area contributed by atoms with Crippen LogP contribution < -0.4 is 16.0 Å². The van der Waals surface area contributed by atoms with Crippen LogP contribution in [0.1, 0.15) is 26.5 Å². The quantitative estimate of drug-likeness (QED) is 0.560. The fraction of sp³-hybridized carbons (Fsp3) is 0.333. The van der Waals surface area contributed by atoms with Crippen LogP contribution in [-0.2, 0) is 6.54 Å². The van der Waals surface area contributed by atoms with Crippen LogP contribution >= 0.6 is 0 Å². The molecule has 0 saturated carbocycles. The number of nitrogens with one attached hydrogen (secondary N) is 3. The van der Waals surface area contributed by atoms with E-state index in [1.165, 1.54) is 24.5 Å². The minimum absolute atomic E-state index is 0.0884. The Morgan fingerprint density at radius 3 is 2.30 bits per heavy atom. The number of aliphatic hydroxyl groups excluding tert-OH is 1. The monoisotopic (exact) mass is 373 g/mol. The second-order valence-corrected chi connectivity index (χ2v) is 6.26. The van der Waals surface area contributed by atoms with Crippen molar-refractivity contribution in [2.75, 3.05) is 19.6 Å². The number of amides is 2. The largest absolute Gasteiger partial charge is 0.391 e. The molecule has 1 fully saturated rings. The first-order valence-corrected chi connectivity index (χ1v) is 8.55. The molecule has 2 atom stereocenters. The molecular weight excluding hydrogens is 353 g/mol. The Kier molecular flexibility index (Phi) is 6.05. The van der Waals surface area contributed by atoms with E-state index >= 15 is 0 Å². The third-order valence-corrected chi connectivity index (χ3v) is 4.32. The molecule has 0 bridgehead atoms. The zero-order valence-corrected chi connectivity index (χ0v) is 14.5. The number of aliphatic hydroxyl groups is 1. The second kappa shape index (κ2) is 8.65. The third-order valence-electron chi connectivity index (χ3n) is 4.32. The van der Waals surface area contributed by atoms with E-state index in [1.54, 1.807) is 12.1 Å². The molecule has 8 nitrogen and oxygen atoms in total. The number of hydrogen-bond acceptors (Lipinski definition) is 6. The van der Waals surface area contributed by atoms with Crippen molar-refractivity contribution in [3.63, 3.8) is 0 Å². The summed E-state index contributed by atoms with van der Waals surface area (Å²) in [6, 6.07) is 5.71. The Morgan fingerprint density at radius 2 is 1.70 bits per heavy atom. The van der Waals surface area contributed by atoms with Crippen LogP contribution in [0.5, 0.6) is 0 Å². The van der Waals surface area contributed by atoms with Gasteiger partial charge < -0.3 is 21.1 Å². The van der Waals surface area contributed by atoms with Crippen LogP contribution in [0.2, 0.25) is 0 Å². The first-order chi connectivity index (χ1) is 13.0. The molecule has 1 aromatic carbocycles. The van der Waals surface area contributed by atoms with E-state index in [9.17, 15) is 19.1 Å². The van der Waals surface area contributed by atoms with Crippen molar-refractivity contribution < 1.29 is 19.1 Å². The number of benzene rings is 1. The van der Waals surface area contributed by atoms with Crippen LogP contribution in [0.3, 0.4) is 0 Å². The predicted octanol–water partition coefficient (Wildman–Crippen LogP) is -0.144. The maximum absolute atomic E-state index is 12.9. The summed E-state index contributed by atoms with van der Waals surface area (Å²) in [5.41, 5.74) is 0.527. The lowest BCUT2D eigenvalue weighted by atomic mass is 10.1. The van der Waals surface area contributed by atoms with Gasteiger partial charge >= 0.3 is 0 Å². The summed E-state index contributed by atoms with van der Waals surface area (Å²) in [6.07, 6.45) is 2.14. The van der Waals surface area contributed by atoms with Crippen LogP contribution in [-0.4, -0.2) is 52.6 Å². The molecule has 27 heavy (non-hydrogen) atoms. The first kappa shape index (κ1) is 18.9. The highest BCUT2D eigenvalue weighted by Gasteiger charge is 2.26. The summed E-state index contributed by atoms with van der Waals surface area (Å²) in [5.74, 6) is -1.55. The van der Waals surface area contributed by atoms with Crippen molar-refractivity contribution in [1.82, 2.24) is 25.9 Å². The number of halogens is 1. The highest BCUT2D eigenvalue weighted by molar-refractivity contribution is 6.04. The summed E-state index contributed by atoms with van der Waals surface area (Å²) in [7, 11) is 0. The average molecular weight is 373 g/mol. The van der Waals surface area contributed by atoms with Gasteiger partial charge in [-0.15, -0.1) is 0 Å². The van der Waals surface area contributed by atoms with Crippen molar-refractivity contribution in [1.29, 1.82) is 0 Å². The van der Waals surface area contributed by atoms with Gasteiger partial charge in [0.2, 0.25) is 0 Å². The van der Waals surface area contributed by atoms with Gasteiger partial charge in [0.1, 0.15) is 5.82 Å². The fourth-order valence-corrected chi connectivity index (χ4v) is 2.77. The maximum atomic E-state index is 12.9. The summed E-state index contributed by atoms with van der Waals surface area (Å²) >= 11 is 0. The predicted molar refractivity (Wildman–Crippen MR) is 94.3 cm³/mol. The molecule has 1 aliphatic heterocycles. The maximum Gasteiger partial charge on any atom is 0.272 e. The average Bonchev–Trinajstić information content (AvgIpc) is 3.10. The molecule has 2 amide bonds. The van der Waals surface area contributed by atoms with Gasteiger partial charge in [0, 0.05) is 44.5 Å². The number of rotatable bonds is 6. The second-order valence-electron chi connectivity index (χ2n) is 6.26. The van der Waals surface area contributed by atoms with E-state index in [-0.39, 0.29) is 36.2 Å². The minimum Gasteiger partial charge on any atom is -0.391 e. The van der Waals surface area contributed by atoms with Crippen molar-refractivity contribution in [3.8, 4) is 0 Å². The summed E-state index contributed by atoms with van der Waals surface area (Å²) < 4.78 is 12.9. The van der Waals surface area contributed by atoms with E-state index < -0.39 is 17.9 Å². The molecular formula is C18H20FN5O3. The highest BCUT2D eigenvalue weighted by Crippen LogP contribution is 2.09. The lowest BCUT2D eigenvalue weighted by Crippen LogP contribution is -2.36. The number of carbonyl (C=O) groups excluding carboxylic acids is 2. The van der Waals surface area contributed by atoms with E-state index in [0.29, 0.717) is 18.7 Å². The van der Waals surface area contributed by atoms with Crippen LogP contribution in [0, 0.1) is 11.7 Å². The van der Waals surface area contributed by atoms with E-state index in [1.807, 2.05) is 0 Å². The van der Waals surface area contributed by atoms with Gasteiger partial charge in [0.05, 0.1) is 6.10 Å². The lowest BCUT2D eigenvalue weighted by Gasteiger charge is -2.14. The van der Waals surface area contributed by atoms with Gasteiger partial charge in [-0.2, -0.15) is 0 Å². The molecule has 9 heteroatoms. The van der Waals surface area contributed by atoms with Crippen molar-refractivity contribution >= 4 is 11.8 Å². The molecule has 142 valence electrons. The van der Waals surface area contributed by atoms with Crippen molar-refractivity contribution in [3.05, 3.63) is 59.4 Å². The van der Waals surface area contributed by atoms with Crippen LogP contribution in [0.15, 0.2) is 36.7 Å². The first-order valence-electron chi connectivity index (χ1n) is 8.55. The third kappa shape index (κ3) is 4.83. The molecule has 1 aliphatic rings. The molecule has 0 aliphatic carbocycles. The van der Waals surface area contributed by atoms with Gasteiger partial charge in [-0.1, -0.05) is 12.1 Å². The Morgan fingerprint density at radius 1 is 1.07 bits per heavy atom. The van der Waals surface area contributed by atoms with Gasteiger partial charge in [-0.25, -0.2) is 14.4 Å². The highest BCUT2D eigenvalue weighted by atomic mass is 19.1. The molecule has 2 aromatic rings. The number of aromatic nitrogens is 2. The molecule has 2 heterocycles. The Bertz CT molecular complexity index is 815. The minimum atomic E-state index is -0.555. The topological polar surface area (TPSA) is 116 Å². The summed E-state index contributed by atoms with van der Waals surface area (Å²) in [4.78, 5) is 32.7. The molecule has 4 N–H and O–H groups in total. The van der Waals surface area contributed by atoms with Crippen LogP contribution in [0.25, 0.3) is 0 Å². The smallest absolute Gasteiger partial charge is 0.272 e. The normalized spacial score (nSPS) is 18.9. The Hall–Kier alpha value is -2.91. The van der Waals surface area contributed by atoms with E-state index in [4.69, 9.17) is 0 Å². The number of nitrogens with zero attached hydrogens (tertiary/aromatic N) is 2.